The van der Waals surface area contributed by atoms with Gasteiger partial charge in [0.15, 0.2) is 0 Å². The van der Waals surface area contributed by atoms with Crippen molar-refractivity contribution in [2.45, 2.75) is 102 Å². The van der Waals surface area contributed by atoms with E-state index in [0.29, 0.717) is 19.1 Å². The second-order valence-electron chi connectivity index (χ2n) is 10.2. The number of rotatable bonds is 16. The van der Waals surface area contributed by atoms with Crippen molar-refractivity contribution >= 4 is 5.91 Å². The standard InChI is InChI=1S/C28H46N2O4/c1-3-4-18-33-26-14-12-23(13-15-26)22(2)27(21-30-17-16-24(31)20-30)29-28(32)11-6-5-7-19-34-25-9-8-10-25/h12-15,22,24-25,27,31H,3-11,16-21H2,1-2H3,(H,29,32)/t22-,24+,27-/m1/s1. The van der Waals surface area contributed by atoms with Crippen molar-refractivity contribution < 1.29 is 19.4 Å². The van der Waals surface area contributed by atoms with Crippen molar-refractivity contribution in [3.05, 3.63) is 29.8 Å². The second kappa shape index (κ2) is 14.7. The van der Waals surface area contributed by atoms with Crippen LogP contribution in [0.15, 0.2) is 24.3 Å². The second-order valence-corrected chi connectivity index (χ2v) is 10.2. The molecule has 0 aromatic heterocycles. The van der Waals surface area contributed by atoms with E-state index in [2.05, 4.69) is 36.2 Å². The van der Waals surface area contributed by atoms with Gasteiger partial charge < -0.3 is 19.9 Å². The molecule has 1 amide bonds. The Morgan fingerprint density at radius 2 is 1.91 bits per heavy atom. The summed E-state index contributed by atoms with van der Waals surface area (Å²) in [4.78, 5) is 15.1. The summed E-state index contributed by atoms with van der Waals surface area (Å²) in [6.07, 6.45) is 10.5. The zero-order valence-electron chi connectivity index (χ0n) is 21.3. The molecule has 2 N–H and O–H groups in total. The van der Waals surface area contributed by atoms with Crippen LogP contribution in [0.5, 0.6) is 5.75 Å². The maximum Gasteiger partial charge on any atom is 0.220 e. The molecule has 2 fully saturated rings. The minimum Gasteiger partial charge on any atom is -0.494 e. The highest BCUT2D eigenvalue weighted by atomic mass is 16.5. The average molecular weight is 475 g/mol. The first-order chi connectivity index (χ1) is 16.5. The van der Waals surface area contributed by atoms with Crippen LogP contribution in [0.2, 0.25) is 0 Å². The Bertz CT molecular complexity index is 707. The summed E-state index contributed by atoms with van der Waals surface area (Å²) in [6.45, 7) is 8.23. The summed E-state index contributed by atoms with van der Waals surface area (Å²) in [6, 6.07) is 8.31. The fraction of sp³-hybridized carbons (Fsp3) is 0.750. The van der Waals surface area contributed by atoms with Gasteiger partial charge in [-0.3, -0.25) is 9.69 Å². The molecule has 1 heterocycles. The topological polar surface area (TPSA) is 71.0 Å². The number of aliphatic hydroxyl groups excluding tert-OH is 1. The number of nitrogens with zero attached hydrogens (tertiary/aromatic N) is 1. The molecule has 3 rings (SSSR count). The van der Waals surface area contributed by atoms with Gasteiger partial charge in [0.2, 0.25) is 5.91 Å². The van der Waals surface area contributed by atoms with Crippen LogP contribution in [-0.4, -0.2) is 67.0 Å². The van der Waals surface area contributed by atoms with Crippen LogP contribution >= 0.6 is 0 Å². The zero-order valence-corrected chi connectivity index (χ0v) is 21.3. The molecule has 2 aliphatic rings. The fourth-order valence-electron chi connectivity index (χ4n) is 4.65. The first-order valence-electron chi connectivity index (χ1n) is 13.6. The highest BCUT2D eigenvalue weighted by Gasteiger charge is 2.27. The van der Waals surface area contributed by atoms with Crippen LogP contribution in [0.1, 0.15) is 89.5 Å². The van der Waals surface area contributed by atoms with E-state index >= 15 is 0 Å². The van der Waals surface area contributed by atoms with Crippen molar-refractivity contribution in [1.82, 2.24) is 10.2 Å². The van der Waals surface area contributed by atoms with Gasteiger partial charge in [-0.1, -0.05) is 38.8 Å². The number of unbranched alkanes of at least 4 members (excludes halogenated alkanes) is 3. The third kappa shape index (κ3) is 9.20. The van der Waals surface area contributed by atoms with Gasteiger partial charge in [-0.2, -0.15) is 0 Å². The summed E-state index contributed by atoms with van der Waals surface area (Å²) in [5.41, 5.74) is 1.20. The monoisotopic (exact) mass is 474 g/mol. The van der Waals surface area contributed by atoms with Gasteiger partial charge in [-0.05, 0) is 62.6 Å². The maximum absolute atomic E-state index is 12.8. The molecule has 1 aliphatic heterocycles. The molecule has 192 valence electrons. The number of nitrogens with one attached hydrogen (secondary N) is 1. The molecule has 1 saturated heterocycles. The Balaban J connectivity index is 1.47. The van der Waals surface area contributed by atoms with E-state index in [0.717, 1.165) is 70.6 Å². The molecule has 1 saturated carbocycles. The number of β-amino-alcohol motifs (C(OH)–C–C–N with tert-alkyl or cyclic N) is 1. The number of benzene rings is 1. The van der Waals surface area contributed by atoms with Gasteiger partial charge in [-0.15, -0.1) is 0 Å². The smallest absolute Gasteiger partial charge is 0.220 e. The van der Waals surface area contributed by atoms with Crippen molar-refractivity contribution in [2.75, 3.05) is 32.8 Å². The van der Waals surface area contributed by atoms with E-state index in [9.17, 15) is 9.90 Å². The first kappa shape index (κ1) is 27.0. The summed E-state index contributed by atoms with van der Waals surface area (Å²) < 4.78 is 11.6. The summed E-state index contributed by atoms with van der Waals surface area (Å²) in [5, 5.41) is 13.3. The minimum atomic E-state index is -0.256. The van der Waals surface area contributed by atoms with Crippen LogP contribution in [0.3, 0.4) is 0 Å². The van der Waals surface area contributed by atoms with Gasteiger partial charge >= 0.3 is 0 Å². The van der Waals surface area contributed by atoms with E-state index in [-0.39, 0.29) is 24.0 Å². The van der Waals surface area contributed by atoms with Gasteiger partial charge in [0.1, 0.15) is 5.75 Å². The number of hydrogen-bond acceptors (Lipinski definition) is 5. The number of hydrogen-bond donors (Lipinski definition) is 2. The number of ether oxygens (including phenoxy) is 2. The SMILES string of the molecule is CCCCOc1ccc([C@@H](C)[C@@H](CN2CC[C@H](O)C2)NC(=O)CCCCCOC2CCC2)cc1. The summed E-state index contributed by atoms with van der Waals surface area (Å²) in [5.74, 6) is 1.19. The lowest BCUT2D eigenvalue weighted by Crippen LogP contribution is -2.46. The van der Waals surface area contributed by atoms with Gasteiger partial charge in [-0.25, -0.2) is 0 Å². The molecule has 0 unspecified atom stereocenters. The van der Waals surface area contributed by atoms with Crippen molar-refractivity contribution in [3.8, 4) is 5.75 Å². The number of amides is 1. The number of carbonyl (C=O) groups excluding carboxylic acids is 1. The van der Waals surface area contributed by atoms with Crippen LogP contribution < -0.4 is 10.1 Å². The van der Waals surface area contributed by atoms with Crippen molar-refractivity contribution in [1.29, 1.82) is 0 Å². The van der Waals surface area contributed by atoms with Gasteiger partial charge in [0.05, 0.1) is 18.8 Å². The first-order valence-corrected chi connectivity index (χ1v) is 13.6. The fourth-order valence-corrected chi connectivity index (χ4v) is 4.65. The van der Waals surface area contributed by atoms with Crippen LogP contribution in [-0.2, 0) is 9.53 Å². The van der Waals surface area contributed by atoms with E-state index in [4.69, 9.17) is 9.47 Å². The molecule has 3 atom stereocenters. The van der Waals surface area contributed by atoms with Gasteiger partial charge in [0, 0.05) is 44.6 Å². The summed E-state index contributed by atoms with van der Waals surface area (Å²) in [7, 11) is 0. The lowest BCUT2D eigenvalue weighted by atomic mass is 9.92. The van der Waals surface area contributed by atoms with E-state index in [1.807, 2.05) is 12.1 Å². The summed E-state index contributed by atoms with van der Waals surface area (Å²) >= 11 is 0. The molecular weight excluding hydrogens is 428 g/mol. The highest BCUT2D eigenvalue weighted by Crippen LogP contribution is 2.25. The molecule has 6 nitrogen and oxygen atoms in total. The van der Waals surface area contributed by atoms with E-state index < -0.39 is 0 Å². The Kier molecular flexibility index (Phi) is 11.7. The normalized spacial score (nSPS) is 20.6. The van der Waals surface area contributed by atoms with E-state index in [1.165, 1.54) is 24.8 Å². The van der Waals surface area contributed by atoms with Crippen molar-refractivity contribution in [3.63, 3.8) is 0 Å². The van der Waals surface area contributed by atoms with E-state index in [1.54, 1.807) is 0 Å². The van der Waals surface area contributed by atoms with Crippen LogP contribution in [0, 0.1) is 0 Å². The lowest BCUT2D eigenvalue weighted by Gasteiger charge is -2.30. The Morgan fingerprint density at radius 1 is 1.12 bits per heavy atom. The molecule has 1 aromatic rings. The average Bonchev–Trinajstić information content (AvgIpc) is 3.21. The third-order valence-electron chi connectivity index (χ3n) is 7.28. The van der Waals surface area contributed by atoms with Crippen LogP contribution in [0.4, 0.5) is 0 Å². The Hall–Kier alpha value is -1.63. The third-order valence-corrected chi connectivity index (χ3v) is 7.28. The lowest BCUT2D eigenvalue weighted by molar-refractivity contribution is -0.122. The molecule has 6 heteroatoms. The number of carbonyl (C=O) groups is 1. The van der Waals surface area contributed by atoms with Crippen molar-refractivity contribution in [2.24, 2.45) is 0 Å². The molecule has 0 spiro atoms. The number of aliphatic hydroxyl groups is 1. The Morgan fingerprint density at radius 3 is 2.56 bits per heavy atom. The molecule has 0 bridgehead atoms. The predicted octanol–water partition coefficient (Wildman–Crippen LogP) is 4.65. The zero-order chi connectivity index (χ0) is 24.2. The molecule has 1 aliphatic carbocycles. The molecule has 0 radical (unpaired) electrons. The van der Waals surface area contributed by atoms with Gasteiger partial charge in [0.25, 0.3) is 0 Å². The predicted molar refractivity (Wildman–Crippen MR) is 136 cm³/mol. The minimum absolute atomic E-state index is 0.00612. The highest BCUT2D eigenvalue weighted by molar-refractivity contribution is 5.76. The quantitative estimate of drug-likeness (QED) is 0.341. The Labute approximate surface area is 206 Å². The maximum atomic E-state index is 12.8. The van der Waals surface area contributed by atoms with Crippen LogP contribution in [0.25, 0.3) is 0 Å². The molecule has 34 heavy (non-hydrogen) atoms. The largest absolute Gasteiger partial charge is 0.494 e. The molecule has 1 aromatic carbocycles. The molecular formula is C28H46N2O4. The number of likely N-dealkylation sites (tertiary alicyclic amines) is 1.